The summed E-state index contributed by atoms with van der Waals surface area (Å²) in [6, 6.07) is 1.42. The predicted octanol–water partition coefficient (Wildman–Crippen LogP) is 2.23. The van der Waals surface area contributed by atoms with Crippen molar-refractivity contribution in [1.29, 1.82) is 0 Å². The maximum Gasteiger partial charge on any atom is 0.351 e. The van der Waals surface area contributed by atoms with Crippen LogP contribution in [0.2, 0.25) is 15.2 Å². The quantitative estimate of drug-likeness (QED) is 0.758. The monoisotopic (exact) mass is 292 g/mol. The number of hydrogen-bond acceptors (Lipinski definition) is 3. The van der Waals surface area contributed by atoms with Gasteiger partial charge in [-0.25, -0.2) is 9.78 Å². The van der Waals surface area contributed by atoms with E-state index < -0.39 is 0 Å². The molecule has 0 bridgehead atoms. The zero-order valence-corrected chi connectivity index (χ0v) is 11.2. The van der Waals surface area contributed by atoms with E-state index in [0.717, 1.165) is 4.68 Å². The van der Waals surface area contributed by atoms with E-state index >= 15 is 0 Å². The highest BCUT2D eigenvalue weighted by atomic mass is 35.5. The van der Waals surface area contributed by atoms with Crippen molar-refractivity contribution in [1.82, 2.24) is 19.3 Å². The molecule has 0 aliphatic heterocycles. The third kappa shape index (κ3) is 2.06. The fraction of sp³-hybridized carbons (Fsp3) is 0.222. The number of halogens is 3. The van der Waals surface area contributed by atoms with Gasteiger partial charge in [-0.1, -0.05) is 34.8 Å². The Morgan fingerprint density at radius 3 is 2.41 bits per heavy atom. The molecule has 2 heterocycles. The van der Waals surface area contributed by atoms with Crippen LogP contribution in [0.4, 0.5) is 0 Å². The van der Waals surface area contributed by atoms with Gasteiger partial charge in [0.15, 0.2) is 5.82 Å². The third-order valence-corrected chi connectivity index (χ3v) is 3.22. The Hall–Kier alpha value is -1.04. The molecule has 0 aliphatic carbocycles. The second kappa shape index (κ2) is 4.33. The maximum absolute atomic E-state index is 11.8. The van der Waals surface area contributed by atoms with Gasteiger partial charge in [0.25, 0.3) is 0 Å². The van der Waals surface area contributed by atoms with E-state index in [2.05, 4.69) is 10.1 Å². The summed E-state index contributed by atoms with van der Waals surface area (Å²) < 4.78 is 2.46. The van der Waals surface area contributed by atoms with Crippen LogP contribution in [0.25, 0.3) is 5.82 Å². The lowest BCUT2D eigenvalue weighted by Gasteiger charge is -2.03. The minimum absolute atomic E-state index is 0.0706. The first kappa shape index (κ1) is 12.4. The average molecular weight is 294 g/mol. The lowest BCUT2D eigenvalue weighted by Crippen LogP contribution is -2.22. The summed E-state index contributed by atoms with van der Waals surface area (Å²) in [5.41, 5.74) is -0.352. The van der Waals surface area contributed by atoms with Gasteiger partial charge < -0.3 is 0 Å². The van der Waals surface area contributed by atoms with Crippen LogP contribution in [0, 0.1) is 6.92 Å². The van der Waals surface area contributed by atoms with E-state index in [1.807, 2.05) is 0 Å². The molecule has 0 saturated heterocycles. The standard InChI is InChI=1S/C9H7Cl3N4O/c1-4-14-16(9(17)15(4)2)8-6(11)3-5(10)7(12)13-8/h3H,1-2H3. The first-order valence-corrected chi connectivity index (χ1v) is 5.69. The molecule has 2 aromatic heterocycles. The summed E-state index contributed by atoms with van der Waals surface area (Å²) in [4.78, 5) is 15.8. The van der Waals surface area contributed by atoms with Gasteiger partial charge in [-0.15, -0.1) is 5.10 Å². The molecule has 17 heavy (non-hydrogen) atoms. The summed E-state index contributed by atoms with van der Waals surface area (Å²) in [6.45, 7) is 1.70. The largest absolute Gasteiger partial charge is 0.351 e. The van der Waals surface area contributed by atoms with Crippen LogP contribution in [0.1, 0.15) is 5.82 Å². The lowest BCUT2D eigenvalue weighted by molar-refractivity contribution is 0.779. The summed E-state index contributed by atoms with van der Waals surface area (Å²) in [5, 5.41) is 4.53. The number of rotatable bonds is 1. The third-order valence-electron chi connectivity index (χ3n) is 2.27. The Morgan fingerprint density at radius 1 is 1.24 bits per heavy atom. The zero-order chi connectivity index (χ0) is 12.7. The van der Waals surface area contributed by atoms with E-state index in [9.17, 15) is 4.79 Å². The van der Waals surface area contributed by atoms with E-state index in [1.165, 1.54) is 10.6 Å². The van der Waals surface area contributed by atoms with Crippen molar-refractivity contribution in [3.8, 4) is 5.82 Å². The molecule has 0 atom stereocenters. The van der Waals surface area contributed by atoms with Crippen LogP contribution >= 0.6 is 34.8 Å². The van der Waals surface area contributed by atoms with Gasteiger partial charge in [0.2, 0.25) is 0 Å². The Kier molecular flexibility index (Phi) is 3.16. The van der Waals surface area contributed by atoms with E-state index in [1.54, 1.807) is 14.0 Å². The summed E-state index contributed by atoms with van der Waals surface area (Å²) in [7, 11) is 1.60. The molecule has 0 amide bonds. The van der Waals surface area contributed by atoms with Crippen LogP contribution in [0.15, 0.2) is 10.9 Å². The first-order valence-electron chi connectivity index (χ1n) is 4.56. The van der Waals surface area contributed by atoms with Gasteiger partial charge in [0, 0.05) is 7.05 Å². The van der Waals surface area contributed by atoms with Crippen molar-refractivity contribution in [2.75, 3.05) is 0 Å². The highest BCUT2D eigenvalue weighted by Gasteiger charge is 2.15. The van der Waals surface area contributed by atoms with Gasteiger partial charge in [0.1, 0.15) is 11.0 Å². The summed E-state index contributed by atoms with van der Waals surface area (Å²) >= 11 is 17.5. The fourth-order valence-electron chi connectivity index (χ4n) is 1.26. The maximum atomic E-state index is 11.8. The smallest absolute Gasteiger partial charge is 0.282 e. The molecule has 0 N–H and O–H groups in total. The Balaban J connectivity index is 2.73. The molecule has 2 rings (SSSR count). The van der Waals surface area contributed by atoms with Crippen LogP contribution in [0.5, 0.6) is 0 Å². The number of aromatic nitrogens is 4. The highest BCUT2D eigenvalue weighted by Crippen LogP contribution is 2.27. The Morgan fingerprint density at radius 2 is 1.88 bits per heavy atom. The second-order valence-electron chi connectivity index (χ2n) is 3.37. The predicted molar refractivity (Wildman–Crippen MR) is 66.4 cm³/mol. The van der Waals surface area contributed by atoms with Crippen molar-refractivity contribution < 1.29 is 0 Å². The van der Waals surface area contributed by atoms with Crippen LogP contribution in [-0.4, -0.2) is 19.3 Å². The van der Waals surface area contributed by atoms with Crippen molar-refractivity contribution in [3.63, 3.8) is 0 Å². The molecular weight excluding hydrogens is 286 g/mol. The van der Waals surface area contributed by atoms with Gasteiger partial charge in [-0.3, -0.25) is 4.57 Å². The average Bonchev–Trinajstić information content (AvgIpc) is 2.51. The van der Waals surface area contributed by atoms with Crippen LogP contribution in [-0.2, 0) is 7.05 Å². The topological polar surface area (TPSA) is 52.7 Å². The SMILES string of the molecule is Cc1nn(-c2nc(Cl)c(Cl)cc2Cl)c(=O)n1C. The molecule has 5 nitrogen and oxygen atoms in total. The van der Waals surface area contributed by atoms with E-state index in [0.29, 0.717) is 5.82 Å². The zero-order valence-electron chi connectivity index (χ0n) is 8.91. The van der Waals surface area contributed by atoms with Crippen LogP contribution in [0.3, 0.4) is 0 Å². The highest BCUT2D eigenvalue weighted by molar-refractivity contribution is 6.42. The van der Waals surface area contributed by atoms with Gasteiger partial charge >= 0.3 is 5.69 Å². The lowest BCUT2D eigenvalue weighted by atomic mass is 10.4. The van der Waals surface area contributed by atoms with Gasteiger partial charge in [-0.05, 0) is 13.0 Å². The van der Waals surface area contributed by atoms with Crippen molar-refractivity contribution in [2.24, 2.45) is 7.05 Å². The Bertz CT molecular complexity index is 646. The number of nitrogens with zero attached hydrogens (tertiary/aromatic N) is 4. The first-order chi connectivity index (χ1) is 7.91. The molecule has 2 aromatic rings. The van der Waals surface area contributed by atoms with Gasteiger partial charge in [0.05, 0.1) is 10.0 Å². The van der Waals surface area contributed by atoms with Crippen molar-refractivity contribution >= 4 is 34.8 Å². The fourth-order valence-corrected chi connectivity index (χ4v) is 1.83. The van der Waals surface area contributed by atoms with Crippen LogP contribution < -0.4 is 5.69 Å². The minimum atomic E-state index is -0.352. The molecule has 0 aromatic carbocycles. The molecule has 0 aliphatic rings. The summed E-state index contributed by atoms with van der Waals surface area (Å²) in [5.74, 6) is 0.703. The molecule has 8 heteroatoms. The normalized spacial score (nSPS) is 10.9. The number of hydrogen-bond donors (Lipinski definition) is 0. The van der Waals surface area contributed by atoms with E-state index in [-0.39, 0.29) is 26.7 Å². The molecule has 90 valence electrons. The van der Waals surface area contributed by atoms with E-state index in [4.69, 9.17) is 34.8 Å². The number of aryl methyl sites for hydroxylation is 1. The molecule has 0 radical (unpaired) electrons. The molecule has 0 unspecified atom stereocenters. The minimum Gasteiger partial charge on any atom is -0.282 e. The number of pyridine rings is 1. The molecule has 0 fully saturated rings. The molecule has 0 saturated carbocycles. The van der Waals surface area contributed by atoms with Gasteiger partial charge in [-0.2, -0.15) is 4.68 Å². The molecular formula is C9H7Cl3N4O. The second-order valence-corrected chi connectivity index (χ2v) is 4.54. The van der Waals surface area contributed by atoms with Crippen molar-refractivity contribution in [3.05, 3.63) is 37.6 Å². The molecule has 0 spiro atoms. The Labute approximate surface area is 112 Å². The summed E-state index contributed by atoms with van der Waals surface area (Å²) in [6.07, 6.45) is 0. The van der Waals surface area contributed by atoms with Crippen molar-refractivity contribution in [2.45, 2.75) is 6.92 Å².